The van der Waals surface area contributed by atoms with Crippen LogP contribution in [-0.4, -0.2) is 63.5 Å². The highest BCUT2D eigenvalue weighted by atomic mass is 16.5. The van der Waals surface area contributed by atoms with Gasteiger partial charge < -0.3 is 24.6 Å². The topological polar surface area (TPSA) is 80.3 Å². The minimum atomic E-state index is -0.833. The van der Waals surface area contributed by atoms with Crippen LogP contribution >= 0.6 is 0 Å². The number of methoxy groups -OCH3 is 3. The summed E-state index contributed by atoms with van der Waals surface area (Å²) in [6.45, 7) is 6.13. The molecule has 0 unspecified atom stereocenters. The maximum Gasteiger partial charge on any atom is 0.300 e. The van der Waals surface area contributed by atoms with Crippen LogP contribution in [0.4, 0.5) is 0 Å². The maximum atomic E-state index is 9.00. The standard InChI is InChI=1S/C14H22N2O3.C2H4O2/c1-17-12-5-4-11(13(18-2)14(12)19-3)10-16-8-6-15-7-9-16;1-2(3)4/h4-5,15H,6-10H2,1-3H3;1H3,(H,3,4). The molecule has 1 saturated heterocycles. The molecule has 0 spiro atoms. The number of piperazine rings is 1. The Balaban J connectivity index is 0.000000593. The lowest BCUT2D eigenvalue weighted by Gasteiger charge is -2.28. The zero-order valence-electron chi connectivity index (χ0n) is 14.2. The van der Waals surface area contributed by atoms with E-state index in [2.05, 4.69) is 10.2 Å². The molecule has 23 heavy (non-hydrogen) atoms. The molecular formula is C16H26N2O5. The Morgan fingerprint density at radius 1 is 1.13 bits per heavy atom. The van der Waals surface area contributed by atoms with Crippen LogP contribution in [0.2, 0.25) is 0 Å². The Kier molecular flexibility index (Phi) is 8.21. The Hall–Kier alpha value is -1.99. The molecular weight excluding hydrogens is 300 g/mol. The largest absolute Gasteiger partial charge is 0.493 e. The summed E-state index contributed by atoms with van der Waals surface area (Å²) in [5.74, 6) is 1.29. The lowest BCUT2D eigenvalue weighted by Crippen LogP contribution is -2.42. The predicted molar refractivity (Wildman–Crippen MR) is 87.6 cm³/mol. The van der Waals surface area contributed by atoms with Crippen LogP contribution in [0.5, 0.6) is 17.2 Å². The molecule has 1 aliphatic rings. The first-order valence-corrected chi connectivity index (χ1v) is 7.43. The van der Waals surface area contributed by atoms with Gasteiger partial charge in [-0.05, 0) is 6.07 Å². The minimum Gasteiger partial charge on any atom is -0.493 e. The molecule has 0 saturated carbocycles. The number of ether oxygens (including phenoxy) is 3. The molecule has 0 atom stereocenters. The zero-order valence-corrected chi connectivity index (χ0v) is 14.2. The number of aliphatic carboxylic acids is 1. The third kappa shape index (κ3) is 5.96. The Labute approximate surface area is 137 Å². The van der Waals surface area contributed by atoms with Crippen molar-refractivity contribution in [2.45, 2.75) is 13.5 Å². The number of carboxylic acids is 1. The molecule has 1 heterocycles. The number of rotatable bonds is 5. The van der Waals surface area contributed by atoms with E-state index in [0.29, 0.717) is 11.5 Å². The van der Waals surface area contributed by atoms with E-state index in [4.69, 9.17) is 24.1 Å². The fraction of sp³-hybridized carbons (Fsp3) is 0.562. The van der Waals surface area contributed by atoms with Crippen LogP contribution in [0.3, 0.4) is 0 Å². The van der Waals surface area contributed by atoms with Gasteiger partial charge in [-0.15, -0.1) is 0 Å². The van der Waals surface area contributed by atoms with Crippen molar-refractivity contribution in [3.8, 4) is 17.2 Å². The van der Waals surface area contributed by atoms with Crippen molar-refractivity contribution in [3.63, 3.8) is 0 Å². The van der Waals surface area contributed by atoms with Gasteiger partial charge in [-0.1, -0.05) is 6.07 Å². The second-order valence-corrected chi connectivity index (χ2v) is 5.04. The number of hydrogen-bond acceptors (Lipinski definition) is 6. The van der Waals surface area contributed by atoms with Crippen molar-refractivity contribution in [1.29, 1.82) is 0 Å². The first kappa shape index (κ1) is 19.1. The molecule has 1 aliphatic heterocycles. The predicted octanol–water partition coefficient (Wildman–Crippen LogP) is 1.21. The van der Waals surface area contributed by atoms with Gasteiger partial charge in [0.1, 0.15) is 0 Å². The van der Waals surface area contributed by atoms with Gasteiger partial charge in [0, 0.05) is 45.2 Å². The third-order valence-corrected chi connectivity index (χ3v) is 3.39. The van der Waals surface area contributed by atoms with E-state index in [-0.39, 0.29) is 0 Å². The smallest absolute Gasteiger partial charge is 0.300 e. The summed E-state index contributed by atoms with van der Waals surface area (Å²) in [5, 5.41) is 10.8. The van der Waals surface area contributed by atoms with E-state index in [1.165, 1.54) is 0 Å². The molecule has 2 N–H and O–H groups in total. The van der Waals surface area contributed by atoms with Crippen LogP contribution < -0.4 is 19.5 Å². The normalized spacial score (nSPS) is 14.4. The summed E-state index contributed by atoms with van der Waals surface area (Å²) in [4.78, 5) is 11.4. The average Bonchev–Trinajstić information content (AvgIpc) is 2.54. The molecule has 7 heteroatoms. The van der Waals surface area contributed by atoms with Crippen molar-refractivity contribution >= 4 is 5.97 Å². The quantitative estimate of drug-likeness (QED) is 0.842. The van der Waals surface area contributed by atoms with Crippen molar-refractivity contribution in [2.75, 3.05) is 47.5 Å². The van der Waals surface area contributed by atoms with Gasteiger partial charge in [0.2, 0.25) is 5.75 Å². The first-order chi connectivity index (χ1) is 11.0. The van der Waals surface area contributed by atoms with E-state index in [1.807, 2.05) is 12.1 Å². The van der Waals surface area contributed by atoms with Crippen molar-refractivity contribution in [2.24, 2.45) is 0 Å². The molecule has 0 aliphatic carbocycles. The van der Waals surface area contributed by atoms with Crippen LogP contribution in [0.1, 0.15) is 12.5 Å². The monoisotopic (exact) mass is 326 g/mol. The Morgan fingerprint density at radius 2 is 1.70 bits per heavy atom. The summed E-state index contributed by atoms with van der Waals surface area (Å²) in [5.41, 5.74) is 1.13. The van der Waals surface area contributed by atoms with Crippen molar-refractivity contribution < 1.29 is 24.1 Å². The van der Waals surface area contributed by atoms with E-state index in [0.717, 1.165) is 51.0 Å². The third-order valence-electron chi connectivity index (χ3n) is 3.39. The lowest BCUT2D eigenvalue weighted by atomic mass is 10.1. The van der Waals surface area contributed by atoms with E-state index in [9.17, 15) is 0 Å². The number of hydrogen-bond donors (Lipinski definition) is 2. The number of nitrogens with zero attached hydrogens (tertiary/aromatic N) is 1. The maximum absolute atomic E-state index is 9.00. The molecule has 1 aromatic carbocycles. The Morgan fingerprint density at radius 3 is 2.17 bits per heavy atom. The second-order valence-electron chi connectivity index (χ2n) is 5.04. The number of nitrogens with one attached hydrogen (secondary N) is 1. The number of benzene rings is 1. The SMILES string of the molecule is CC(=O)O.COc1ccc(CN2CCNCC2)c(OC)c1OC. The molecule has 0 aromatic heterocycles. The van der Waals surface area contributed by atoms with Gasteiger partial charge in [0.15, 0.2) is 11.5 Å². The fourth-order valence-electron chi connectivity index (χ4n) is 2.40. The highest BCUT2D eigenvalue weighted by molar-refractivity contribution is 5.63. The molecule has 2 rings (SSSR count). The number of carboxylic acid groups (broad SMARTS) is 1. The van der Waals surface area contributed by atoms with E-state index in [1.54, 1.807) is 21.3 Å². The molecule has 0 radical (unpaired) electrons. The molecule has 0 amide bonds. The van der Waals surface area contributed by atoms with E-state index >= 15 is 0 Å². The van der Waals surface area contributed by atoms with Crippen molar-refractivity contribution in [1.82, 2.24) is 10.2 Å². The van der Waals surface area contributed by atoms with Crippen molar-refractivity contribution in [3.05, 3.63) is 17.7 Å². The van der Waals surface area contributed by atoms with Gasteiger partial charge >= 0.3 is 0 Å². The summed E-state index contributed by atoms with van der Waals surface area (Å²) >= 11 is 0. The van der Waals surface area contributed by atoms with Crippen LogP contribution in [0, 0.1) is 0 Å². The van der Waals surface area contributed by atoms with Gasteiger partial charge in [0.25, 0.3) is 5.97 Å². The van der Waals surface area contributed by atoms with Gasteiger partial charge in [0.05, 0.1) is 21.3 Å². The highest BCUT2D eigenvalue weighted by Crippen LogP contribution is 2.40. The van der Waals surface area contributed by atoms with Crippen LogP contribution in [-0.2, 0) is 11.3 Å². The summed E-state index contributed by atoms with van der Waals surface area (Å²) in [6.07, 6.45) is 0. The highest BCUT2D eigenvalue weighted by Gasteiger charge is 2.18. The lowest BCUT2D eigenvalue weighted by molar-refractivity contribution is -0.134. The molecule has 7 nitrogen and oxygen atoms in total. The zero-order chi connectivity index (χ0) is 17.2. The van der Waals surface area contributed by atoms with Gasteiger partial charge in [-0.2, -0.15) is 0 Å². The summed E-state index contributed by atoms with van der Waals surface area (Å²) in [6, 6.07) is 3.97. The first-order valence-electron chi connectivity index (χ1n) is 7.43. The fourth-order valence-corrected chi connectivity index (χ4v) is 2.40. The molecule has 1 fully saturated rings. The average molecular weight is 326 g/mol. The molecule has 130 valence electrons. The minimum absolute atomic E-state index is 0.664. The molecule has 0 bridgehead atoms. The summed E-state index contributed by atoms with van der Waals surface area (Å²) in [7, 11) is 4.93. The number of carbonyl (C=O) groups is 1. The Bertz CT molecular complexity index is 497. The van der Waals surface area contributed by atoms with Gasteiger partial charge in [-0.3, -0.25) is 9.69 Å². The van der Waals surface area contributed by atoms with E-state index < -0.39 is 5.97 Å². The van der Waals surface area contributed by atoms with Gasteiger partial charge in [-0.25, -0.2) is 0 Å². The molecule has 1 aromatic rings. The second kappa shape index (κ2) is 9.91. The van der Waals surface area contributed by atoms with Crippen LogP contribution in [0.15, 0.2) is 12.1 Å². The van der Waals surface area contributed by atoms with Crippen LogP contribution in [0.25, 0.3) is 0 Å². The summed E-state index contributed by atoms with van der Waals surface area (Å²) < 4.78 is 16.2.